The third-order valence-electron chi connectivity index (χ3n) is 2.35. The molecule has 0 saturated heterocycles. The molecule has 0 spiro atoms. The summed E-state index contributed by atoms with van der Waals surface area (Å²) in [7, 11) is 0. The average molecular weight is 218 g/mol. The zero-order chi connectivity index (χ0) is 11.1. The number of hydrogen-bond donors (Lipinski definition) is 0. The minimum Gasteiger partial charge on any atom is -0.126 e. The van der Waals surface area contributed by atoms with Gasteiger partial charge in [-0.3, -0.25) is 0 Å². The summed E-state index contributed by atoms with van der Waals surface area (Å²) in [6.45, 7) is 6.30. The molecular formula is C14H18S. The number of benzene rings is 1. The maximum absolute atomic E-state index is 3.13. The van der Waals surface area contributed by atoms with Crippen LogP contribution in [-0.2, 0) is 0 Å². The van der Waals surface area contributed by atoms with E-state index in [4.69, 9.17) is 0 Å². The van der Waals surface area contributed by atoms with Gasteiger partial charge < -0.3 is 0 Å². The molecule has 1 aromatic rings. The van der Waals surface area contributed by atoms with E-state index in [2.05, 4.69) is 50.0 Å². The fourth-order valence-electron chi connectivity index (χ4n) is 1.43. The van der Waals surface area contributed by atoms with Crippen LogP contribution < -0.4 is 0 Å². The van der Waals surface area contributed by atoms with Crippen molar-refractivity contribution in [3.63, 3.8) is 0 Å². The lowest BCUT2D eigenvalue weighted by molar-refractivity contribution is 0.794. The van der Waals surface area contributed by atoms with E-state index in [1.165, 1.54) is 10.5 Å². The number of thioether (sulfide) groups is 1. The van der Waals surface area contributed by atoms with Gasteiger partial charge in [-0.25, -0.2) is 0 Å². The summed E-state index contributed by atoms with van der Waals surface area (Å²) < 4.78 is 0. The third-order valence-corrected chi connectivity index (χ3v) is 3.24. The van der Waals surface area contributed by atoms with Crippen molar-refractivity contribution in [2.75, 3.05) is 5.75 Å². The quantitative estimate of drug-likeness (QED) is 0.536. The van der Waals surface area contributed by atoms with Crippen molar-refractivity contribution in [3.8, 4) is 11.8 Å². The molecule has 0 saturated carbocycles. The van der Waals surface area contributed by atoms with Crippen LogP contribution in [0.1, 0.15) is 38.7 Å². The van der Waals surface area contributed by atoms with Gasteiger partial charge in [-0.2, -0.15) is 0 Å². The Bertz CT molecular complexity index is 340. The molecule has 0 aliphatic heterocycles. The molecule has 0 N–H and O–H groups in total. The van der Waals surface area contributed by atoms with Gasteiger partial charge in [0.1, 0.15) is 0 Å². The van der Waals surface area contributed by atoms with Crippen LogP contribution in [0.2, 0.25) is 0 Å². The van der Waals surface area contributed by atoms with Crippen molar-refractivity contribution in [3.05, 3.63) is 29.8 Å². The van der Waals surface area contributed by atoms with Crippen LogP contribution in [-0.4, -0.2) is 5.75 Å². The van der Waals surface area contributed by atoms with Crippen LogP contribution in [0.4, 0.5) is 0 Å². The fourth-order valence-corrected chi connectivity index (χ4v) is 2.09. The molecule has 0 aliphatic carbocycles. The number of rotatable bonds is 4. The maximum Gasteiger partial charge on any atom is 0.0155 e. The van der Waals surface area contributed by atoms with Crippen molar-refractivity contribution in [1.82, 2.24) is 0 Å². The lowest BCUT2D eigenvalue weighted by atomic mass is 9.98. The van der Waals surface area contributed by atoms with Crippen LogP contribution in [0.5, 0.6) is 0 Å². The molecule has 0 aliphatic rings. The Morgan fingerprint density at radius 1 is 1.27 bits per heavy atom. The van der Waals surface area contributed by atoms with E-state index in [0.29, 0.717) is 5.92 Å². The van der Waals surface area contributed by atoms with Gasteiger partial charge in [0.15, 0.2) is 0 Å². The summed E-state index contributed by atoms with van der Waals surface area (Å²) in [5.74, 6) is 7.75. The Morgan fingerprint density at radius 3 is 2.47 bits per heavy atom. The predicted octanol–water partition coefficient (Wildman–Crippen LogP) is 4.32. The molecule has 80 valence electrons. The van der Waals surface area contributed by atoms with Crippen molar-refractivity contribution in [2.24, 2.45) is 0 Å². The van der Waals surface area contributed by atoms with Crippen LogP contribution >= 0.6 is 11.8 Å². The molecule has 1 rings (SSSR count). The van der Waals surface area contributed by atoms with E-state index in [9.17, 15) is 0 Å². The van der Waals surface area contributed by atoms with Crippen LogP contribution in [0.3, 0.4) is 0 Å². The van der Waals surface area contributed by atoms with Gasteiger partial charge in [-0.05, 0) is 36.3 Å². The molecule has 15 heavy (non-hydrogen) atoms. The van der Waals surface area contributed by atoms with E-state index in [1.807, 2.05) is 18.7 Å². The van der Waals surface area contributed by atoms with E-state index in [1.54, 1.807) is 0 Å². The SMILES string of the molecule is CC#CCC(C)c1ccc(SCC)cc1. The summed E-state index contributed by atoms with van der Waals surface area (Å²) in [5, 5.41) is 0. The minimum absolute atomic E-state index is 0.540. The van der Waals surface area contributed by atoms with Crippen LogP contribution in [0.15, 0.2) is 29.2 Å². The summed E-state index contributed by atoms with van der Waals surface area (Å²) in [4.78, 5) is 1.36. The van der Waals surface area contributed by atoms with Gasteiger partial charge in [0, 0.05) is 11.3 Å². The van der Waals surface area contributed by atoms with Crippen LogP contribution in [0, 0.1) is 11.8 Å². The van der Waals surface area contributed by atoms with Crippen molar-refractivity contribution in [1.29, 1.82) is 0 Å². The van der Waals surface area contributed by atoms with Gasteiger partial charge in [-0.1, -0.05) is 26.0 Å². The van der Waals surface area contributed by atoms with E-state index >= 15 is 0 Å². The van der Waals surface area contributed by atoms with Crippen molar-refractivity contribution < 1.29 is 0 Å². The summed E-state index contributed by atoms with van der Waals surface area (Å²) in [6, 6.07) is 8.86. The first-order valence-electron chi connectivity index (χ1n) is 5.40. The highest BCUT2D eigenvalue weighted by molar-refractivity contribution is 7.99. The first-order valence-corrected chi connectivity index (χ1v) is 6.38. The standard InChI is InChI=1S/C14H18S/c1-4-6-7-12(3)13-8-10-14(11-9-13)15-5-2/h8-12H,5,7H2,1-3H3. The van der Waals surface area contributed by atoms with Crippen LogP contribution in [0.25, 0.3) is 0 Å². The molecule has 0 nitrogen and oxygen atoms in total. The first kappa shape index (κ1) is 12.2. The average Bonchev–Trinajstić information content (AvgIpc) is 2.27. The molecule has 1 heteroatoms. The second-order valence-electron chi connectivity index (χ2n) is 3.53. The lowest BCUT2D eigenvalue weighted by Crippen LogP contribution is -1.91. The highest BCUT2D eigenvalue weighted by atomic mass is 32.2. The summed E-state index contributed by atoms with van der Waals surface area (Å²) in [6.07, 6.45) is 0.955. The van der Waals surface area contributed by atoms with Gasteiger partial charge in [0.2, 0.25) is 0 Å². The minimum atomic E-state index is 0.540. The normalized spacial score (nSPS) is 11.7. The Labute approximate surface area is 97.5 Å². The van der Waals surface area contributed by atoms with E-state index in [-0.39, 0.29) is 0 Å². The second kappa shape index (κ2) is 6.58. The zero-order valence-electron chi connectivity index (χ0n) is 9.71. The predicted molar refractivity (Wildman–Crippen MR) is 69.3 cm³/mol. The molecule has 1 unspecified atom stereocenters. The third kappa shape index (κ3) is 4.01. The van der Waals surface area contributed by atoms with E-state index in [0.717, 1.165) is 12.2 Å². The largest absolute Gasteiger partial charge is 0.126 e. The van der Waals surface area contributed by atoms with Gasteiger partial charge >= 0.3 is 0 Å². The zero-order valence-corrected chi connectivity index (χ0v) is 10.5. The summed E-state index contributed by atoms with van der Waals surface area (Å²) >= 11 is 1.89. The molecule has 0 radical (unpaired) electrons. The molecule has 0 fully saturated rings. The maximum atomic E-state index is 3.13. The monoisotopic (exact) mass is 218 g/mol. The Hall–Kier alpha value is -0.870. The molecule has 0 heterocycles. The van der Waals surface area contributed by atoms with Crippen molar-refractivity contribution >= 4 is 11.8 Å². The molecule has 1 aromatic carbocycles. The highest BCUT2D eigenvalue weighted by Crippen LogP contribution is 2.23. The Kier molecular flexibility index (Phi) is 5.36. The van der Waals surface area contributed by atoms with Gasteiger partial charge in [-0.15, -0.1) is 23.6 Å². The molecular weight excluding hydrogens is 200 g/mol. The van der Waals surface area contributed by atoms with Crippen molar-refractivity contribution in [2.45, 2.75) is 38.0 Å². The Morgan fingerprint density at radius 2 is 1.93 bits per heavy atom. The molecule has 0 bridgehead atoms. The first-order chi connectivity index (χ1) is 7.27. The van der Waals surface area contributed by atoms with Gasteiger partial charge in [0.25, 0.3) is 0 Å². The lowest BCUT2D eigenvalue weighted by Gasteiger charge is -2.08. The molecule has 1 atom stereocenters. The fraction of sp³-hybridized carbons (Fsp3) is 0.429. The molecule has 0 amide bonds. The highest BCUT2D eigenvalue weighted by Gasteiger charge is 2.03. The van der Waals surface area contributed by atoms with Gasteiger partial charge in [0.05, 0.1) is 0 Å². The number of hydrogen-bond acceptors (Lipinski definition) is 1. The second-order valence-corrected chi connectivity index (χ2v) is 4.87. The topological polar surface area (TPSA) is 0 Å². The summed E-state index contributed by atoms with van der Waals surface area (Å²) in [5.41, 5.74) is 1.39. The molecule has 0 aromatic heterocycles. The van der Waals surface area contributed by atoms with E-state index < -0.39 is 0 Å². The smallest absolute Gasteiger partial charge is 0.0155 e. The Balaban J connectivity index is 2.64.